The highest BCUT2D eigenvalue weighted by molar-refractivity contribution is 6.20. The lowest BCUT2D eigenvalue weighted by Gasteiger charge is -2.28. The van der Waals surface area contributed by atoms with E-state index in [2.05, 4.69) is 169 Å². The first-order valence-electron chi connectivity index (χ1n) is 15.9. The minimum atomic E-state index is 0.860. The van der Waals surface area contributed by atoms with Gasteiger partial charge in [0, 0.05) is 38.4 Å². The molecule has 0 unspecified atom stereocenters. The topological polar surface area (TPSA) is 29.5 Å². The van der Waals surface area contributed by atoms with Crippen molar-refractivity contribution in [1.82, 2.24) is 0 Å². The lowest BCUT2D eigenvalue weighted by molar-refractivity contribution is 0.670. The third-order valence-electron chi connectivity index (χ3n) is 9.42. The van der Waals surface area contributed by atoms with Crippen LogP contribution in [0, 0.1) is 0 Å². The average Bonchev–Trinajstić information content (AvgIpc) is 3.70. The molecule has 47 heavy (non-hydrogen) atoms. The highest BCUT2D eigenvalue weighted by Crippen LogP contribution is 2.48. The molecule has 0 fully saturated rings. The molecule has 2 heterocycles. The van der Waals surface area contributed by atoms with Crippen molar-refractivity contribution in [3.05, 3.63) is 164 Å². The smallest absolute Gasteiger partial charge is 0.143 e. The molecule has 0 saturated heterocycles. The molecule has 0 bridgehead atoms. The van der Waals surface area contributed by atoms with Crippen LogP contribution < -0.4 is 4.90 Å². The second kappa shape index (κ2) is 10.1. The first-order valence-corrected chi connectivity index (χ1v) is 15.9. The number of furan rings is 2. The Kier molecular flexibility index (Phi) is 5.57. The van der Waals surface area contributed by atoms with Crippen LogP contribution in [-0.4, -0.2) is 0 Å². The molecule has 0 spiro atoms. The molecule has 0 N–H and O–H groups in total. The quantitative estimate of drug-likeness (QED) is 0.201. The summed E-state index contributed by atoms with van der Waals surface area (Å²) in [6.07, 6.45) is 0. The highest BCUT2D eigenvalue weighted by Gasteiger charge is 2.23. The van der Waals surface area contributed by atoms with E-state index in [-0.39, 0.29) is 0 Å². The van der Waals surface area contributed by atoms with Crippen molar-refractivity contribution < 1.29 is 8.83 Å². The van der Waals surface area contributed by atoms with E-state index >= 15 is 0 Å². The number of rotatable bonds is 4. The Morgan fingerprint density at radius 1 is 0.362 bits per heavy atom. The molecule has 220 valence electrons. The molecule has 0 aliphatic heterocycles. The standard InChI is InChI=1S/C44H27NO2/c1-2-15-31(16-3-1)45(39-22-11-23-40-42(39)36-25-24-28-12-6-7-17-32(28)43(36)46-40)38-21-9-8-18-33(38)34-19-10-20-35-37-26-29-13-4-5-14-30(29)27-41(37)47-44(34)35/h1-27H. The largest absolute Gasteiger partial charge is 0.455 e. The van der Waals surface area contributed by atoms with Crippen LogP contribution in [0.1, 0.15) is 0 Å². The maximum absolute atomic E-state index is 6.72. The Morgan fingerprint density at radius 2 is 1.02 bits per heavy atom. The van der Waals surface area contributed by atoms with E-state index in [1.54, 1.807) is 0 Å². The number of hydrogen-bond acceptors (Lipinski definition) is 3. The van der Waals surface area contributed by atoms with Gasteiger partial charge in [0.1, 0.15) is 22.3 Å². The Bertz CT molecular complexity index is 2810. The molecule has 0 amide bonds. The van der Waals surface area contributed by atoms with Gasteiger partial charge in [0.05, 0.1) is 16.8 Å². The molecule has 0 aliphatic rings. The van der Waals surface area contributed by atoms with Gasteiger partial charge >= 0.3 is 0 Å². The predicted octanol–water partition coefficient (Wildman–Crippen LogP) is 12.9. The van der Waals surface area contributed by atoms with E-state index in [0.717, 1.165) is 82.8 Å². The van der Waals surface area contributed by atoms with Crippen molar-refractivity contribution in [2.75, 3.05) is 4.90 Å². The van der Waals surface area contributed by atoms with Crippen LogP contribution in [0.15, 0.2) is 173 Å². The van der Waals surface area contributed by atoms with Crippen LogP contribution in [0.4, 0.5) is 17.1 Å². The summed E-state index contributed by atoms with van der Waals surface area (Å²) < 4.78 is 13.3. The summed E-state index contributed by atoms with van der Waals surface area (Å²) in [4.78, 5) is 2.36. The van der Waals surface area contributed by atoms with E-state index < -0.39 is 0 Å². The maximum Gasteiger partial charge on any atom is 0.143 e. The van der Waals surface area contributed by atoms with Gasteiger partial charge in [-0.3, -0.25) is 0 Å². The second-order valence-electron chi connectivity index (χ2n) is 12.1. The van der Waals surface area contributed by atoms with Crippen LogP contribution in [0.3, 0.4) is 0 Å². The van der Waals surface area contributed by atoms with Gasteiger partial charge in [-0.2, -0.15) is 0 Å². The van der Waals surface area contributed by atoms with E-state index in [0.29, 0.717) is 0 Å². The number of para-hydroxylation sites is 3. The molecular formula is C44H27NO2. The fourth-order valence-corrected chi connectivity index (χ4v) is 7.30. The maximum atomic E-state index is 6.72. The highest BCUT2D eigenvalue weighted by atomic mass is 16.3. The summed E-state index contributed by atoms with van der Waals surface area (Å²) in [5.74, 6) is 0. The summed E-state index contributed by atoms with van der Waals surface area (Å²) in [7, 11) is 0. The number of nitrogens with zero attached hydrogens (tertiary/aromatic N) is 1. The van der Waals surface area contributed by atoms with Crippen LogP contribution in [0.25, 0.3) is 76.5 Å². The molecule has 0 atom stereocenters. The number of hydrogen-bond donors (Lipinski definition) is 0. The minimum absolute atomic E-state index is 0.860. The molecule has 0 saturated carbocycles. The fraction of sp³-hybridized carbons (Fsp3) is 0. The van der Waals surface area contributed by atoms with Gasteiger partial charge < -0.3 is 13.7 Å². The van der Waals surface area contributed by atoms with Gasteiger partial charge in [0.15, 0.2) is 0 Å². The van der Waals surface area contributed by atoms with Gasteiger partial charge in [-0.25, -0.2) is 0 Å². The Morgan fingerprint density at radius 3 is 1.91 bits per heavy atom. The summed E-state index contributed by atoms with van der Waals surface area (Å²) in [5, 5.41) is 9.07. The molecule has 8 aromatic carbocycles. The van der Waals surface area contributed by atoms with Crippen LogP contribution in [0.5, 0.6) is 0 Å². The van der Waals surface area contributed by atoms with E-state index in [1.807, 2.05) is 0 Å². The molecule has 10 rings (SSSR count). The first kappa shape index (κ1) is 26.0. The average molecular weight is 602 g/mol. The van der Waals surface area contributed by atoms with E-state index in [4.69, 9.17) is 8.83 Å². The molecule has 0 radical (unpaired) electrons. The van der Waals surface area contributed by atoms with Crippen molar-refractivity contribution in [2.45, 2.75) is 0 Å². The third kappa shape index (κ3) is 3.93. The number of fused-ring (bicyclic) bond motifs is 9. The lowest BCUT2D eigenvalue weighted by Crippen LogP contribution is -2.11. The SMILES string of the molecule is c1ccc(N(c2ccccc2-c2cccc3c2oc2cc4ccccc4cc23)c2cccc3oc4c5ccccc5ccc4c23)cc1. The summed E-state index contributed by atoms with van der Waals surface area (Å²) in [6, 6.07) is 57.7. The van der Waals surface area contributed by atoms with Gasteiger partial charge in [-0.1, -0.05) is 115 Å². The van der Waals surface area contributed by atoms with Crippen molar-refractivity contribution in [3.63, 3.8) is 0 Å². The lowest BCUT2D eigenvalue weighted by atomic mass is 9.98. The van der Waals surface area contributed by atoms with Crippen LogP contribution >= 0.6 is 0 Å². The zero-order valence-corrected chi connectivity index (χ0v) is 25.4. The zero-order valence-electron chi connectivity index (χ0n) is 25.4. The predicted molar refractivity (Wildman–Crippen MR) is 196 cm³/mol. The summed E-state index contributed by atoms with van der Waals surface area (Å²) >= 11 is 0. The van der Waals surface area contributed by atoms with Gasteiger partial charge in [-0.15, -0.1) is 0 Å². The molecule has 2 aromatic heterocycles. The normalized spacial score (nSPS) is 11.8. The number of anilines is 3. The van der Waals surface area contributed by atoms with Crippen LogP contribution in [0.2, 0.25) is 0 Å². The van der Waals surface area contributed by atoms with Gasteiger partial charge in [0.2, 0.25) is 0 Å². The monoisotopic (exact) mass is 601 g/mol. The van der Waals surface area contributed by atoms with Gasteiger partial charge in [0.25, 0.3) is 0 Å². The van der Waals surface area contributed by atoms with Crippen molar-refractivity contribution in [1.29, 1.82) is 0 Å². The Labute approximate surface area is 270 Å². The van der Waals surface area contributed by atoms with Crippen molar-refractivity contribution in [2.24, 2.45) is 0 Å². The molecular weight excluding hydrogens is 574 g/mol. The molecule has 10 aromatic rings. The third-order valence-corrected chi connectivity index (χ3v) is 9.42. The Balaban J connectivity index is 1.26. The van der Waals surface area contributed by atoms with Crippen LogP contribution in [-0.2, 0) is 0 Å². The molecule has 0 aliphatic carbocycles. The first-order chi connectivity index (χ1) is 23.3. The van der Waals surface area contributed by atoms with Crippen molar-refractivity contribution in [3.8, 4) is 11.1 Å². The fourth-order valence-electron chi connectivity index (χ4n) is 7.30. The van der Waals surface area contributed by atoms with E-state index in [1.165, 1.54) is 10.8 Å². The second-order valence-corrected chi connectivity index (χ2v) is 12.1. The number of benzene rings is 8. The minimum Gasteiger partial charge on any atom is -0.455 e. The summed E-state index contributed by atoms with van der Waals surface area (Å²) in [6.45, 7) is 0. The molecule has 3 heteroatoms. The Hall–Kier alpha value is -6.32. The van der Waals surface area contributed by atoms with Gasteiger partial charge in [-0.05, 0) is 64.7 Å². The molecule has 3 nitrogen and oxygen atoms in total. The van der Waals surface area contributed by atoms with Crippen molar-refractivity contribution >= 4 is 82.5 Å². The van der Waals surface area contributed by atoms with E-state index in [9.17, 15) is 0 Å². The zero-order chi connectivity index (χ0) is 30.9. The summed E-state index contributed by atoms with van der Waals surface area (Å²) in [5.41, 5.74) is 8.85.